The van der Waals surface area contributed by atoms with E-state index in [2.05, 4.69) is 10.4 Å². The predicted octanol–water partition coefficient (Wildman–Crippen LogP) is 2.84. The number of hydrogen-bond acceptors (Lipinski definition) is 4. The number of nitrogens with one attached hydrogen (secondary N) is 1. The van der Waals surface area contributed by atoms with Crippen LogP contribution in [-0.4, -0.2) is 39.1 Å². The fourth-order valence-electron chi connectivity index (χ4n) is 2.25. The predicted molar refractivity (Wildman–Crippen MR) is 93.2 cm³/mol. The van der Waals surface area contributed by atoms with E-state index in [0.29, 0.717) is 24.2 Å². The molecule has 2 rings (SSSR count). The van der Waals surface area contributed by atoms with Crippen LogP contribution in [0, 0.1) is 5.82 Å². The molecule has 0 saturated carbocycles. The molecule has 2 N–H and O–H groups in total. The summed E-state index contributed by atoms with van der Waals surface area (Å²) >= 11 is 0. The fourth-order valence-corrected chi connectivity index (χ4v) is 2.25. The van der Waals surface area contributed by atoms with E-state index >= 15 is 0 Å². The first-order valence-corrected chi connectivity index (χ1v) is 8.14. The molecule has 2 aromatic rings. The van der Waals surface area contributed by atoms with Gasteiger partial charge in [-0.3, -0.25) is 9.48 Å². The van der Waals surface area contributed by atoms with Crippen LogP contribution in [0.15, 0.2) is 30.6 Å². The number of alkyl carbamates (subject to hydrolysis) is 1. The van der Waals surface area contributed by atoms with E-state index in [4.69, 9.17) is 9.84 Å². The van der Waals surface area contributed by atoms with Crippen LogP contribution in [0.5, 0.6) is 0 Å². The largest absolute Gasteiger partial charge is 0.481 e. The number of carboxylic acids is 1. The summed E-state index contributed by atoms with van der Waals surface area (Å²) in [4.78, 5) is 22.3. The minimum atomic E-state index is -1.08. The highest BCUT2D eigenvalue weighted by atomic mass is 19.1. The van der Waals surface area contributed by atoms with E-state index in [1.54, 1.807) is 43.9 Å². The number of carboxylic acid groups (broad SMARTS) is 1. The molecule has 0 aliphatic rings. The van der Waals surface area contributed by atoms with Gasteiger partial charge in [0.05, 0.1) is 19.2 Å². The first-order valence-electron chi connectivity index (χ1n) is 8.14. The van der Waals surface area contributed by atoms with Crippen molar-refractivity contribution >= 4 is 12.1 Å². The molecule has 0 spiro atoms. The molecule has 1 heterocycles. The van der Waals surface area contributed by atoms with Gasteiger partial charge in [0.1, 0.15) is 11.4 Å². The SMILES string of the molecule is CC(C)(C)OC(=O)NCCn1cc(-c2ccc(CC(=O)O)c(F)c2)cn1. The van der Waals surface area contributed by atoms with Crippen molar-refractivity contribution in [1.82, 2.24) is 15.1 Å². The zero-order chi connectivity index (χ0) is 19.3. The molecule has 7 nitrogen and oxygen atoms in total. The first-order chi connectivity index (χ1) is 12.1. The number of aliphatic carboxylic acids is 1. The number of nitrogens with zero attached hydrogens (tertiary/aromatic N) is 2. The molecule has 1 amide bonds. The highest BCUT2D eigenvalue weighted by Crippen LogP contribution is 2.21. The third-order valence-electron chi connectivity index (χ3n) is 3.37. The number of rotatable bonds is 6. The molecule has 0 aliphatic heterocycles. The van der Waals surface area contributed by atoms with E-state index in [-0.39, 0.29) is 12.0 Å². The molecule has 0 radical (unpaired) electrons. The summed E-state index contributed by atoms with van der Waals surface area (Å²) in [6.07, 6.45) is 2.45. The van der Waals surface area contributed by atoms with Crippen LogP contribution < -0.4 is 5.32 Å². The summed E-state index contributed by atoms with van der Waals surface area (Å²) in [6.45, 7) is 6.12. The maximum atomic E-state index is 14.0. The Morgan fingerprint density at radius 3 is 2.65 bits per heavy atom. The zero-order valence-corrected chi connectivity index (χ0v) is 15.0. The van der Waals surface area contributed by atoms with Crippen LogP contribution in [0.25, 0.3) is 11.1 Å². The summed E-state index contributed by atoms with van der Waals surface area (Å²) < 4.78 is 20.7. The number of carbonyl (C=O) groups excluding carboxylic acids is 1. The van der Waals surface area contributed by atoms with Gasteiger partial charge in [0, 0.05) is 18.3 Å². The summed E-state index contributed by atoms with van der Waals surface area (Å²) in [7, 11) is 0. The standard InChI is InChI=1S/C18H22FN3O4/c1-18(2,3)26-17(25)20-6-7-22-11-14(10-21-22)12-4-5-13(9-16(23)24)15(19)8-12/h4-5,8,10-11H,6-7,9H2,1-3H3,(H,20,25)(H,23,24). The first kappa shape index (κ1) is 19.4. The third kappa shape index (κ3) is 5.87. The van der Waals surface area contributed by atoms with Crippen LogP contribution >= 0.6 is 0 Å². The average Bonchev–Trinajstić information content (AvgIpc) is 2.96. The zero-order valence-electron chi connectivity index (χ0n) is 15.0. The topological polar surface area (TPSA) is 93.5 Å². The van der Waals surface area contributed by atoms with Crippen molar-refractivity contribution in [3.8, 4) is 11.1 Å². The molecule has 0 unspecified atom stereocenters. The molecule has 0 saturated heterocycles. The Morgan fingerprint density at radius 2 is 2.04 bits per heavy atom. The number of hydrogen-bond donors (Lipinski definition) is 2. The monoisotopic (exact) mass is 363 g/mol. The van der Waals surface area contributed by atoms with Crippen molar-refractivity contribution in [2.45, 2.75) is 39.3 Å². The molecular formula is C18H22FN3O4. The minimum absolute atomic E-state index is 0.134. The lowest BCUT2D eigenvalue weighted by Gasteiger charge is -2.19. The number of carbonyl (C=O) groups is 2. The van der Waals surface area contributed by atoms with Crippen LogP contribution in [0.1, 0.15) is 26.3 Å². The lowest BCUT2D eigenvalue weighted by atomic mass is 10.0. The Bertz CT molecular complexity index is 796. The molecular weight excluding hydrogens is 341 g/mol. The Balaban J connectivity index is 1.94. The van der Waals surface area contributed by atoms with Gasteiger partial charge in [-0.05, 0) is 38.0 Å². The van der Waals surface area contributed by atoms with Gasteiger partial charge in [-0.2, -0.15) is 5.10 Å². The van der Waals surface area contributed by atoms with Gasteiger partial charge in [-0.25, -0.2) is 9.18 Å². The minimum Gasteiger partial charge on any atom is -0.481 e. The van der Waals surface area contributed by atoms with Gasteiger partial charge in [0.25, 0.3) is 0 Å². The number of aromatic nitrogens is 2. The molecule has 26 heavy (non-hydrogen) atoms. The molecule has 0 bridgehead atoms. The summed E-state index contributed by atoms with van der Waals surface area (Å²) in [5.74, 6) is -1.65. The van der Waals surface area contributed by atoms with Gasteiger partial charge in [0.2, 0.25) is 0 Å². The molecule has 0 atom stereocenters. The van der Waals surface area contributed by atoms with Crippen LogP contribution in [-0.2, 0) is 22.5 Å². The van der Waals surface area contributed by atoms with Crippen molar-refractivity contribution in [2.75, 3.05) is 6.54 Å². The number of benzene rings is 1. The van der Waals surface area contributed by atoms with Gasteiger partial charge in [-0.1, -0.05) is 12.1 Å². The van der Waals surface area contributed by atoms with E-state index in [1.807, 2.05) is 0 Å². The Labute approximate surface area is 150 Å². The second-order valence-corrected chi connectivity index (χ2v) is 6.80. The highest BCUT2D eigenvalue weighted by molar-refractivity contribution is 5.71. The van der Waals surface area contributed by atoms with Crippen LogP contribution in [0.3, 0.4) is 0 Å². The lowest BCUT2D eigenvalue weighted by Crippen LogP contribution is -2.34. The van der Waals surface area contributed by atoms with E-state index in [9.17, 15) is 14.0 Å². The van der Waals surface area contributed by atoms with Crippen molar-refractivity contribution in [3.63, 3.8) is 0 Å². The fraction of sp³-hybridized carbons (Fsp3) is 0.389. The highest BCUT2D eigenvalue weighted by Gasteiger charge is 2.15. The summed E-state index contributed by atoms with van der Waals surface area (Å²) in [5.41, 5.74) is 0.876. The van der Waals surface area contributed by atoms with E-state index in [0.717, 1.165) is 0 Å². The second-order valence-electron chi connectivity index (χ2n) is 6.80. The molecule has 0 aliphatic carbocycles. The molecule has 0 fully saturated rings. The third-order valence-corrected chi connectivity index (χ3v) is 3.37. The summed E-state index contributed by atoms with van der Waals surface area (Å²) in [5, 5.41) is 15.6. The van der Waals surface area contributed by atoms with Gasteiger partial charge in [0.15, 0.2) is 0 Å². The molecule has 140 valence electrons. The van der Waals surface area contributed by atoms with E-state index < -0.39 is 23.5 Å². The maximum Gasteiger partial charge on any atom is 0.407 e. The van der Waals surface area contributed by atoms with E-state index in [1.165, 1.54) is 12.1 Å². The maximum absolute atomic E-state index is 14.0. The van der Waals surface area contributed by atoms with Crippen molar-refractivity contribution in [2.24, 2.45) is 0 Å². The second kappa shape index (κ2) is 7.99. The molecule has 1 aromatic carbocycles. The smallest absolute Gasteiger partial charge is 0.407 e. The lowest BCUT2D eigenvalue weighted by molar-refractivity contribution is -0.136. The summed E-state index contributed by atoms with van der Waals surface area (Å²) in [6, 6.07) is 4.40. The normalized spacial score (nSPS) is 11.2. The van der Waals surface area contributed by atoms with Crippen molar-refractivity contribution < 1.29 is 23.8 Å². The average molecular weight is 363 g/mol. The Kier molecular flexibility index (Phi) is 5.97. The van der Waals surface area contributed by atoms with Gasteiger partial charge < -0.3 is 15.2 Å². The van der Waals surface area contributed by atoms with Crippen LogP contribution in [0.2, 0.25) is 0 Å². The van der Waals surface area contributed by atoms with Crippen molar-refractivity contribution in [3.05, 3.63) is 42.0 Å². The number of halogens is 1. The molecule has 1 aromatic heterocycles. The number of amides is 1. The van der Waals surface area contributed by atoms with Crippen LogP contribution in [0.4, 0.5) is 9.18 Å². The Hall–Kier alpha value is -2.90. The van der Waals surface area contributed by atoms with Gasteiger partial charge in [-0.15, -0.1) is 0 Å². The van der Waals surface area contributed by atoms with Gasteiger partial charge >= 0.3 is 12.1 Å². The molecule has 8 heteroatoms. The quantitative estimate of drug-likeness (QED) is 0.823. The van der Waals surface area contributed by atoms with Crippen molar-refractivity contribution in [1.29, 1.82) is 0 Å². The Morgan fingerprint density at radius 1 is 1.31 bits per heavy atom. The number of ether oxygens (including phenoxy) is 1.